The lowest BCUT2D eigenvalue weighted by molar-refractivity contribution is -0.142. The van der Waals surface area contributed by atoms with Crippen molar-refractivity contribution in [2.75, 3.05) is 14.1 Å². The molecular formula is C15H17N3O3. The monoisotopic (exact) mass is 287 g/mol. The number of fused-ring (bicyclic) bond motifs is 1. The topological polar surface area (TPSA) is 84.6 Å². The Hall–Kier alpha value is -2.39. The summed E-state index contributed by atoms with van der Waals surface area (Å²) in [7, 11) is 3.86. The maximum atomic E-state index is 12.3. The van der Waals surface area contributed by atoms with Crippen molar-refractivity contribution in [2.24, 2.45) is 0 Å². The highest BCUT2D eigenvalue weighted by Gasteiger charge is 2.41. The van der Waals surface area contributed by atoms with Gasteiger partial charge >= 0.3 is 5.97 Å². The third-order valence-electron chi connectivity index (χ3n) is 3.55. The van der Waals surface area contributed by atoms with Crippen molar-refractivity contribution in [1.29, 1.82) is 5.26 Å². The number of carboxylic acids is 1. The molecule has 6 heteroatoms. The summed E-state index contributed by atoms with van der Waals surface area (Å²) in [6, 6.07) is 5.49. The van der Waals surface area contributed by atoms with Gasteiger partial charge in [0.1, 0.15) is 12.1 Å². The first kappa shape index (κ1) is 15.0. The fourth-order valence-electron chi connectivity index (χ4n) is 2.55. The molecule has 0 saturated heterocycles. The van der Waals surface area contributed by atoms with Gasteiger partial charge in [0, 0.05) is 17.7 Å². The van der Waals surface area contributed by atoms with Gasteiger partial charge in [-0.05, 0) is 32.6 Å². The largest absolute Gasteiger partial charge is 0.480 e. The Balaban J connectivity index is 2.45. The molecule has 0 aromatic heterocycles. The molecule has 1 aliphatic rings. The first-order valence-electron chi connectivity index (χ1n) is 6.59. The molecule has 1 aromatic rings. The van der Waals surface area contributed by atoms with E-state index >= 15 is 0 Å². The van der Waals surface area contributed by atoms with Gasteiger partial charge in [0.25, 0.3) is 5.91 Å². The molecule has 6 nitrogen and oxygen atoms in total. The first-order chi connectivity index (χ1) is 9.86. The van der Waals surface area contributed by atoms with Gasteiger partial charge < -0.3 is 14.9 Å². The molecule has 110 valence electrons. The average Bonchev–Trinajstić information content (AvgIpc) is 2.69. The van der Waals surface area contributed by atoms with Crippen molar-refractivity contribution in [2.45, 2.75) is 25.6 Å². The molecule has 1 amide bonds. The number of benzene rings is 1. The van der Waals surface area contributed by atoms with E-state index in [1.165, 1.54) is 6.92 Å². The average molecular weight is 287 g/mol. The Bertz CT molecular complexity index is 634. The third-order valence-corrected chi connectivity index (χ3v) is 3.55. The van der Waals surface area contributed by atoms with E-state index in [9.17, 15) is 14.9 Å². The van der Waals surface area contributed by atoms with Crippen LogP contribution in [0.2, 0.25) is 0 Å². The number of carbonyl (C=O) groups is 2. The maximum absolute atomic E-state index is 12.3. The van der Waals surface area contributed by atoms with E-state index < -0.39 is 24.0 Å². The molecule has 1 N–H and O–H groups in total. The molecule has 1 aromatic carbocycles. The van der Waals surface area contributed by atoms with Crippen LogP contribution in [0.3, 0.4) is 0 Å². The number of nitrogens with zero attached hydrogens (tertiary/aromatic N) is 3. The van der Waals surface area contributed by atoms with Crippen LogP contribution in [-0.4, -0.2) is 46.9 Å². The van der Waals surface area contributed by atoms with Gasteiger partial charge in [0.15, 0.2) is 0 Å². The molecule has 0 spiro atoms. The Kier molecular flexibility index (Phi) is 3.96. The molecule has 0 saturated carbocycles. The van der Waals surface area contributed by atoms with Crippen LogP contribution in [0.1, 0.15) is 34.5 Å². The Morgan fingerprint density at radius 1 is 1.52 bits per heavy atom. The van der Waals surface area contributed by atoms with Crippen molar-refractivity contribution >= 4 is 11.9 Å². The third kappa shape index (κ3) is 2.60. The second-order valence-corrected chi connectivity index (χ2v) is 5.42. The predicted molar refractivity (Wildman–Crippen MR) is 75.5 cm³/mol. The molecule has 1 aliphatic heterocycles. The fourth-order valence-corrected chi connectivity index (χ4v) is 2.55. The number of aliphatic carboxylic acids is 1. The van der Waals surface area contributed by atoms with E-state index in [2.05, 4.69) is 0 Å². The zero-order valence-corrected chi connectivity index (χ0v) is 12.2. The van der Waals surface area contributed by atoms with E-state index in [1.54, 1.807) is 6.07 Å². The minimum Gasteiger partial charge on any atom is -0.480 e. The van der Waals surface area contributed by atoms with Crippen LogP contribution in [0.5, 0.6) is 0 Å². The van der Waals surface area contributed by atoms with Crippen LogP contribution in [-0.2, 0) is 11.3 Å². The van der Waals surface area contributed by atoms with Crippen LogP contribution in [0.15, 0.2) is 18.2 Å². The van der Waals surface area contributed by atoms with Crippen LogP contribution >= 0.6 is 0 Å². The summed E-state index contributed by atoms with van der Waals surface area (Å²) in [5.74, 6) is -1.52. The number of carboxylic acid groups (broad SMARTS) is 1. The molecular weight excluding hydrogens is 270 g/mol. The predicted octanol–water partition coefficient (Wildman–Crippen LogP) is 1.24. The second kappa shape index (κ2) is 5.54. The van der Waals surface area contributed by atoms with Crippen molar-refractivity contribution in [3.63, 3.8) is 0 Å². The van der Waals surface area contributed by atoms with Gasteiger partial charge in [-0.1, -0.05) is 12.1 Å². The number of rotatable bonds is 4. The number of nitriles is 1. The van der Waals surface area contributed by atoms with E-state index in [0.29, 0.717) is 17.7 Å². The SMILES string of the molecule is CC(C(=O)O)N1C(=O)c2ccc(CN(C)C)cc2C1C#N. The first-order valence-corrected chi connectivity index (χ1v) is 6.59. The summed E-state index contributed by atoms with van der Waals surface area (Å²) >= 11 is 0. The standard InChI is InChI=1S/C15H17N3O3/c1-9(15(20)21)18-13(7-16)12-6-10(8-17(2)3)4-5-11(12)14(18)19/h4-6,9,13H,8H2,1-3H3,(H,20,21). The maximum Gasteiger partial charge on any atom is 0.326 e. The van der Waals surface area contributed by atoms with Gasteiger partial charge in [-0.3, -0.25) is 4.79 Å². The molecule has 2 rings (SSSR count). The summed E-state index contributed by atoms with van der Waals surface area (Å²) in [5.41, 5.74) is 1.99. The highest BCUT2D eigenvalue weighted by Crippen LogP contribution is 2.35. The number of hydrogen-bond donors (Lipinski definition) is 1. The van der Waals surface area contributed by atoms with Gasteiger partial charge in [0.05, 0.1) is 6.07 Å². The van der Waals surface area contributed by atoms with Gasteiger partial charge in [0.2, 0.25) is 0 Å². The van der Waals surface area contributed by atoms with Gasteiger partial charge in [-0.2, -0.15) is 5.26 Å². The minimum absolute atomic E-state index is 0.400. The van der Waals surface area contributed by atoms with Gasteiger partial charge in [-0.15, -0.1) is 0 Å². The Morgan fingerprint density at radius 2 is 2.19 bits per heavy atom. The van der Waals surface area contributed by atoms with Crippen LogP contribution in [0.4, 0.5) is 0 Å². The lowest BCUT2D eigenvalue weighted by atomic mass is 10.0. The Morgan fingerprint density at radius 3 is 2.71 bits per heavy atom. The summed E-state index contributed by atoms with van der Waals surface area (Å²) in [6.07, 6.45) is 0. The van der Waals surface area contributed by atoms with Crippen LogP contribution in [0.25, 0.3) is 0 Å². The molecule has 0 fully saturated rings. The van der Waals surface area contributed by atoms with Crippen LogP contribution in [0, 0.1) is 11.3 Å². The molecule has 2 unspecified atom stereocenters. The highest BCUT2D eigenvalue weighted by atomic mass is 16.4. The van der Waals surface area contributed by atoms with E-state index in [0.717, 1.165) is 10.5 Å². The molecule has 21 heavy (non-hydrogen) atoms. The number of amides is 1. The molecule has 2 atom stereocenters. The number of carbonyl (C=O) groups excluding carboxylic acids is 1. The normalized spacial score (nSPS) is 18.5. The zero-order chi connectivity index (χ0) is 15.7. The van der Waals surface area contributed by atoms with E-state index in [-0.39, 0.29) is 0 Å². The van der Waals surface area contributed by atoms with Crippen molar-refractivity contribution in [3.8, 4) is 6.07 Å². The summed E-state index contributed by atoms with van der Waals surface area (Å²) < 4.78 is 0. The molecule has 0 bridgehead atoms. The summed E-state index contributed by atoms with van der Waals surface area (Å²) in [5, 5.41) is 18.5. The highest BCUT2D eigenvalue weighted by molar-refractivity contribution is 6.01. The minimum atomic E-state index is -1.12. The summed E-state index contributed by atoms with van der Waals surface area (Å²) in [6.45, 7) is 2.10. The molecule has 0 aliphatic carbocycles. The smallest absolute Gasteiger partial charge is 0.326 e. The van der Waals surface area contributed by atoms with E-state index in [4.69, 9.17) is 5.11 Å². The summed E-state index contributed by atoms with van der Waals surface area (Å²) in [4.78, 5) is 26.6. The van der Waals surface area contributed by atoms with Crippen LogP contribution < -0.4 is 0 Å². The number of hydrogen-bond acceptors (Lipinski definition) is 4. The van der Waals surface area contributed by atoms with E-state index in [1.807, 2.05) is 37.2 Å². The Labute approximate surface area is 123 Å². The molecule has 1 heterocycles. The lowest BCUT2D eigenvalue weighted by Gasteiger charge is -2.24. The van der Waals surface area contributed by atoms with Crippen molar-refractivity contribution < 1.29 is 14.7 Å². The van der Waals surface area contributed by atoms with Gasteiger partial charge in [-0.25, -0.2) is 4.79 Å². The zero-order valence-electron chi connectivity index (χ0n) is 12.2. The lowest BCUT2D eigenvalue weighted by Crippen LogP contribution is -2.41. The second-order valence-electron chi connectivity index (χ2n) is 5.42. The quantitative estimate of drug-likeness (QED) is 0.900. The fraction of sp³-hybridized carbons (Fsp3) is 0.400. The molecule has 0 radical (unpaired) electrons. The van der Waals surface area contributed by atoms with Crippen molar-refractivity contribution in [1.82, 2.24) is 9.80 Å². The van der Waals surface area contributed by atoms with Crippen molar-refractivity contribution in [3.05, 3.63) is 34.9 Å².